The van der Waals surface area contributed by atoms with Crippen LogP contribution in [0.3, 0.4) is 0 Å². The summed E-state index contributed by atoms with van der Waals surface area (Å²) in [6, 6.07) is 0. The highest BCUT2D eigenvalue weighted by Gasteiger charge is 2.62. The van der Waals surface area contributed by atoms with Crippen molar-refractivity contribution in [1.82, 2.24) is 0 Å². The molecule has 0 spiro atoms. The Balaban J connectivity index is 1.58. The molecule has 0 aromatic heterocycles. The van der Waals surface area contributed by atoms with Gasteiger partial charge in [-0.05, 0) is 30.6 Å². The van der Waals surface area contributed by atoms with Gasteiger partial charge in [0, 0.05) is 34.5 Å². The second kappa shape index (κ2) is 15.9. The predicted molar refractivity (Wildman–Crippen MR) is 172 cm³/mol. The van der Waals surface area contributed by atoms with E-state index in [1.807, 2.05) is 6.92 Å². The molecule has 0 aromatic rings. The number of esters is 1. The molecule has 0 bridgehead atoms. The lowest BCUT2D eigenvalue weighted by Crippen LogP contribution is -2.60. The van der Waals surface area contributed by atoms with Crippen LogP contribution < -0.4 is 0 Å². The number of aliphatic hydroxyl groups is 2. The number of Topliss-reactive ketones (excluding diaryl/α,β-unsaturated/α-hetero) is 2. The van der Waals surface area contributed by atoms with E-state index < -0.39 is 41.1 Å². The summed E-state index contributed by atoms with van der Waals surface area (Å²) in [7, 11) is 0. The van der Waals surface area contributed by atoms with E-state index in [2.05, 4.69) is 20.8 Å². The molecule has 4 atom stereocenters. The first kappa shape index (κ1) is 35.5. The zero-order valence-electron chi connectivity index (χ0n) is 28.1. The van der Waals surface area contributed by atoms with Crippen molar-refractivity contribution < 1.29 is 29.3 Å². The summed E-state index contributed by atoms with van der Waals surface area (Å²) in [5, 5.41) is 23.2. The largest absolute Gasteiger partial charge is 0.507 e. The van der Waals surface area contributed by atoms with Crippen LogP contribution in [0, 0.1) is 22.7 Å². The Morgan fingerprint density at radius 1 is 0.837 bits per heavy atom. The number of allylic oxidation sites excluding steroid dienone is 2. The lowest BCUT2D eigenvalue weighted by Gasteiger charge is -2.58. The van der Waals surface area contributed by atoms with Crippen LogP contribution in [0.2, 0.25) is 0 Å². The molecule has 0 heterocycles. The van der Waals surface area contributed by atoms with Gasteiger partial charge in [0.2, 0.25) is 11.6 Å². The predicted octanol–water partition coefficient (Wildman–Crippen LogP) is 8.89. The smallest absolute Gasteiger partial charge is 0.306 e. The van der Waals surface area contributed by atoms with Gasteiger partial charge >= 0.3 is 5.97 Å². The maximum atomic E-state index is 13.7. The summed E-state index contributed by atoms with van der Waals surface area (Å²) >= 11 is 0. The Bertz CT molecular complexity index is 1050. The van der Waals surface area contributed by atoms with Crippen LogP contribution >= 0.6 is 0 Å². The number of ether oxygens (including phenoxy) is 1. The number of rotatable bonds is 17. The fraction of sp³-hybridized carbons (Fsp3) is 0.811. The molecule has 0 amide bonds. The maximum Gasteiger partial charge on any atom is 0.306 e. The van der Waals surface area contributed by atoms with E-state index in [9.17, 15) is 24.6 Å². The van der Waals surface area contributed by atoms with Crippen LogP contribution in [0.5, 0.6) is 0 Å². The molecule has 6 nitrogen and oxygen atoms in total. The lowest BCUT2D eigenvalue weighted by atomic mass is 9.47. The molecule has 0 aliphatic heterocycles. The molecule has 0 saturated heterocycles. The van der Waals surface area contributed by atoms with Gasteiger partial charge in [0.1, 0.15) is 5.76 Å². The monoisotopic (exact) mass is 600 g/mol. The van der Waals surface area contributed by atoms with Gasteiger partial charge in [-0.1, -0.05) is 131 Å². The van der Waals surface area contributed by atoms with Crippen LogP contribution in [-0.2, 0) is 19.1 Å². The average molecular weight is 601 g/mol. The van der Waals surface area contributed by atoms with Crippen molar-refractivity contribution in [2.75, 3.05) is 0 Å². The van der Waals surface area contributed by atoms with Gasteiger partial charge < -0.3 is 14.9 Å². The Labute approximate surface area is 261 Å². The van der Waals surface area contributed by atoms with Gasteiger partial charge in [-0.25, -0.2) is 0 Å². The Morgan fingerprint density at radius 3 is 1.86 bits per heavy atom. The van der Waals surface area contributed by atoms with Crippen LogP contribution in [0.25, 0.3) is 0 Å². The molecular weight excluding hydrogens is 540 g/mol. The molecule has 0 unspecified atom stereocenters. The number of aliphatic hydroxyl groups excluding tert-OH is 2. The summed E-state index contributed by atoms with van der Waals surface area (Å²) in [6.45, 7) is 11.8. The first-order chi connectivity index (χ1) is 20.4. The molecule has 3 rings (SSSR count). The minimum atomic E-state index is -1.17. The third-order valence-electron chi connectivity index (χ3n) is 10.6. The van der Waals surface area contributed by atoms with Crippen molar-refractivity contribution in [2.24, 2.45) is 22.7 Å². The minimum absolute atomic E-state index is 0.0427. The van der Waals surface area contributed by atoms with Crippen molar-refractivity contribution in [3.05, 3.63) is 22.5 Å². The van der Waals surface area contributed by atoms with E-state index in [1.165, 1.54) is 70.6 Å². The SMILES string of the molecule is CCCCCCCCCCCCCCCCC(=O)O[C@H]1C2=C(C(=O)C(=O)C(C(C)C)=C2O)[C@@]2(C)CCCC(C)(C)[C@@H]2[C@@H]1O. The summed E-state index contributed by atoms with van der Waals surface area (Å²) in [4.78, 5) is 40.0. The lowest BCUT2D eigenvalue weighted by molar-refractivity contribution is -0.168. The molecule has 2 N–H and O–H groups in total. The zero-order chi connectivity index (χ0) is 31.8. The van der Waals surface area contributed by atoms with Gasteiger partial charge in [0.15, 0.2) is 6.10 Å². The summed E-state index contributed by atoms with van der Waals surface area (Å²) in [5.41, 5.74) is -0.688. The molecule has 0 radical (unpaired) electrons. The van der Waals surface area contributed by atoms with Crippen LogP contribution in [0.15, 0.2) is 22.5 Å². The van der Waals surface area contributed by atoms with Gasteiger partial charge in [-0.3, -0.25) is 14.4 Å². The second-order valence-corrected chi connectivity index (χ2v) is 14.8. The highest BCUT2D eigenvalue weighted by Crippen LogP contribution is 2.61. The fourth-order valence-electron chi connectivity index (χ4n) is 8.45. The molecule has 244 valence electrons. The van der Waals surface area contributed by atoms with Gasteiger partial charge in [0.25, 0.3) is 0 Å². The van der Waals surface area contributed by atoms with Crippen LogP contribution in [0.1, 0.15) is 157 Å². The number of carbonyl (C=O) groups excluding carboxylic acids is 3. The Hall–Kier alpha value is -1.95. The van der Waals surface area contributed by atoms with Gasteiger partial charge in [0.05, 0.1) is 6.10 Å². The summed E-state index contributed by atoms with van der Waals surface area (Å²) < 4.78 is 5.95. The van der Waals surface area contributed by atoms with Crippen molar-refractivity contribution in [3.63, 3.8) is 0 Å². The fourth-order valence-corrected chi connectivity index (χ4v) is 8.45. The van der Waals surface area contributed by atoms with Gasteiger partial charge in [-0.15, -0.1) is 0 Å². The molecule has 3 aliphatic rings. The molecule has 6 heteroatoms. The average Bonchev–Trinajstić information content (AvgIpc) is 2.92. The number of carbonyl (C=O) groups is 3. The standard InChI is InChI=1S/C37H60O6/c1-7-8-9-10-11-12-13-14-15-16-17-18-19-20-22-26(38)43-34-28-29(32(41)31(40)27(25(2)3)30(28)39)37(6)24-21-23-36(4,5)35(37)33(34)42/h25,33-35,39,42H,7-24H2,1-6H3/t33-,34+,35+,37-/m1/s1. The van der Waals surface area contributed by atoms with E-state index in [1.54, 1.807) is 13.8 Å². The molecule has 3 aliphatic carbocycles. The van der Waals surface area contributed by atoms with Crippen LogP contribution in [-0.4, -0.2) is 40.0 Å². The zero-order valence-corrected chi connectivity index (χ0v) is 28.1. The molecule has 0 aromatic carbocycles. The topological polar surface area (TPSA) is 101 Å². The first-order valence-electron chi connectivity index (χ1n) is 17.5. The minimum Gasteiger partial charge on any atom is -0.507 e. The molecular formula is C37H60O6. The summed E-state index contributed by atoms with van der Waals surface area (Å²) in [5.74, 6) is -2.80. The highest BCUT2D eigenvalue weighted by atomic mass is 16.6. The van der Waals surface area contributed by atoms with Crippen molar-refractivity contribution >= 4 is 17.5 Å². The number of hydrogen-bond donors (Lipinski definition) is 2. The van der Waals surface area contributed by atoms with E-state index >= 15 is 0 Å². The second-order valence-electron chi connectivity index (χ2n) is 14.8. The van der Waals surface area contributed by atoms with Gasteiger partial charge in [-0.2, -0.15) is 0 Å². The van der Waals surface area contributed by atoms with E-state index in [-0.39, 0.29) is 40.2 Å². The number of hydrogen-bond acceptors (Lipinski definition) is 6. The third kappa shape index (κ3) is 8.21. The van der Waals surface area contributed by atoms with Crippen molar-refractivity contribution in [1.29, 1.82) is 0 Å². The maximum absolute atomic E-state index is 13.7. The van der Waals surface area contributed by atoms with Crippen LogP contribution in [0.4, 0.5) is 0 Å². The number of fused-ring (bicyclic) bond motifs is 2. The molecule has 1 saturated carbocycles. The highest BCUT2D eigenvalue weighted by molar-refractivity contribution is 6.50. The van der Waals surface area contributed by atoms with E-state index in [0.29, 0.717) is 12.8 Å². The first-order valence-corrected chi connectivity index (χ1v) is 17.5. The normalized spacial score (nSPS) is 27.0. The molecule has 1 fully saturated rings. The summed E-state index contributed by atoms with van der Waals surface area (Å²) in [6.07, 6.45) is 17.5. The number of ketones is 2. The van der Waals surface area contributed by atoms with E-state index in [4.69, 9.17) is 4.74 Å². The Kier molecular flexibility index (Phi) is 13.1. The molecule has 43 heavy (non-hydrogen) atoms. The number of unbranched alkanes of at least 4 members (excludes halogenated alkanes) is 13. The third-order valence-corrected chi connectivity index (χ3v) is 10.6. The quantitative estimate of drug-likeness (QED) is 0.0748. The van der Waals surface area contributed by atoms with Crippen molar-refractivity contribution in [2.45, 2.75) is 169 Å². The Morgan fingerprint density at radius 2 is 1.35 bits per heavy atom. The van der Waals surface area contributed by atoms with E-state index in [0.717, 1.165) is 25.7 Å². The van der Waals surface area contributed by atoms with Crippen molar-refractivity contribution in [3.8, 4) is 0 Å².